The van der Waals surface area contributed by atoms with Crippen LogP contribution < -0.4 is 21.3 Å². The largest absolute Gasteiger partial charge is 0.460 e. The predicted octanol–water partition coefficient (Wildman–Crippen LogP) is 4.80. The van der Waals surface area contributed by atoms with Crippen LogP contribution >= 0.6 is 0 Å². The lowest BCUT2D eigenvalue weighted by Gasteiger charge is -2.27. The molecule has 0 fully saturated rings. The molecule has 1 aromatic carbocycles. The number of hydrogen-bond acceptors (Lipinski definition) is 8. The second-order valence-corrected chi connectivity index (χ2v) is 13.5. The number of nitrogens with one attached hydrogen (secondary N) is 4. The highest BCUT2D eigenvalue weighted by Gasteiger charge is 2.31. The predicted molar refractivity (Wildman–Crippen MR) is 171 cm³/mol. The molecule has 0 aliphatic carbocycles. The third-order valence-electron chi connectivity index (χ3n) is 5.54. The second kappa shape index (κ2) is 17.3. The van der Waals surface area contributed by atoms with Crippen LogP contribution in [0.1, 0.15) is 100.0 Å². The SMILES string of the molecule is C#Cc1cccc(NC(=O)NCCCCC(NC(=O)N[C@@H](CCC(=O)OC(C)(C)C)C(=O)OC(C)(C)C)C(=O)OC(C)(C)C)c1. The smallest absolute Gasteiger partial charge is 0.329 e. The summed E-state index contributed by atoms with van der Waals surface area (Å²) in [6.07, 6.45) is 6.32. The fourth-order valence-corrected chi connectivity index (χ4v) is 3.79. The van der Waals surface area contributed by atoms with Crippen molar-refractivity contribution in [2.45, 2.75) is 123 Å². The molecular formula is C33H50N4O8. The average molecular weight is 631 g/mol. The molecule has 12 nitrogen and oxygen atoms in total. The summed E-state index contributed by atoms with van der Waals surface area (Å²) in [5.41, 5.74) is -1.17. The highest BCUT2D eigenvalue weighted by Crippen LogP contribution is 2.15. The molecule has 1 aromatic rings. The van der Waals surface area contributed by atoms with Crippen LogP contribution in [0.3, 0.4) is 0 Å². The van der Waals surface area contributed by atoms with Gasteiger partial charge >= 0.3 is 30.0 Å². The van der Waals surface area contributed by atoms with Crippen molar-refractivity contribution < 1.29 is 38.2 Å². The molecule has 250 valence electrons. The molecule has 1 rings (SSSR count). The van der Waals surface area contributed by atoms with E-state index in [9.17, 15) is 24.0 Å². The molecule has 0 aromatic heterocycles. The Balaban J connectivity index is 2.82. The number of terminal acetylenes is 1. The van der Waals surface area contributed by atoms with Crippen LogP contribution in [0.15, 0.2) is 24.3 Å². The van der Waals surface area contributed by atoms with Crippen molar-refractivity contribution in [1.29, 1.82) is 0 Å². The molecule has 2 atom stereocenters. The zero-order valence-corrected chi connectivity index (χ0v) is 28.1. The van der Waals surface area contributed by atoms with Crippen molar-refractivity contribution in [3.63, 3.8) is 0 Å². The van der Waals surface area contributed by atoms with Gasteiger partial charge in [0.2, 0.25) is 0 Å². The number of carbonyl (C=O) groups is 5. The minimum atomic E-state index is -1.18. The Morgan fingerprint density at radius 3 is 1.80 bits per heavy atom. The maximum absolute atomic E-state index is 13.0. The van der Waals surface area contributed by atoms with Gasteiger partial charge in [0.1, 0.15) is 28.9 Å². The molecule has 0 radical (unpaired) electrons. The highest BCUT2D eigenvalue weighted by molar-refractivity contribution is 5.89. The first-order valence-electron chi connectivity index (χ1n) is 15.0. The number of unbranched alkanes of at least 4 members (excludes halogenated alkanes) is 1. The molecule has 0 saturated heterocycles. The molecule has 0 bridgehead atoms. The summed E-state index contributed by atoms with van der Waals surface area (Å²) >= 11 is 0. The van der Waals surface area contributed by atoms with Crippen molar-refractivity contribution in [2.24, 2.45) is 0 Å². The van der Waals surface area contributed by atoms with E-state index in [4.69, 9.17) is 20.6 Å². The van der Waals surface area contributed by atoms with Crippen molar-refractivity contribution >= 4 is 35.7 Å². The van der Waals surface area contributed by atoms with Gasteiger partial charge in [0.25, 0.3) is 0 Å². The summed E-state index contributed by atoms with van der Waals surface area (Å²) in [5.74, 6) is 0.586. The number of carbonyl (C=O) groups excluding carboxylic acids is 5. The van der Waals surface area contributed by atoms with Crippen LogP contribution in [0.5, 0.6) is 0 Å². The van der Waals surface area contributed by atoms with Gasteiger partial charge in [-0.2, -0.15) is 0 Å². The van der Waals surface area contributed by atoms with Crippen LogP contribution in [-0.2, 0) is 28.6 Å². The highest BCUT2D eigenvalue weighted by atomic mass is 16.6. The molecule has 12 heteroatoms. The lowest BCUT2D eigenvalue weighted by Crippen LogP contribution is -2.53. The molecule has 0 aliphatic heterocycles. The summed E-state index contributed by atoms with van der Waals surface area (Å²) in [4.78, 5) is 63.4. The number of hydrogen-bond donors (Lipinski definition) is 4. The van der Waals surface area contributed by atoms with E-state index in [-0.39, 0.29) is 19.3 Å². The Morgan fingerprint density at radius 1 is 0.756 bits per heavy atom. The van der Waals surface area contributed by atoms with E-state index in [1.165, 1.54) is 0 Å². The molecule has 4 amide bonds. The van der Waals surface area contributed by atoms with E-state index in [0.29, 0.717) is 30.6 Å². The standard InChI is InChI=1S/C33H50N4O8/c1-11-22-15-14-16-23(21-22)35-29(41)34-20-13-12-17-24(27(39)44-32(5,6)7)36-30(42)37-25(28(40)45-33(8,9)10)18-19-26(38)43-31(2,3)4/h1,14-16,21,24-25H,12-13,17-20H2,2-10H3,(H2,34,35,41)(H2,36,37,42)/t24?,25-/m0/s1. The fraction of sp³-hybridized carbons (Fsp3) is 0.606. The van der Waals surface area contributed by atoms with Gasteiger partial charge in [-0.25, -0.2) is 19.2 Å². The molecule has 0 heterocycles. The van der Waals surface area contributed by atoms with Gasteiger partial charge < -0.3 is 35.5 Å². The maximum Gasteiger partial charge on any atom is 0.329 e. The Hall–Kier alpha value is -4.27. The minimum absolute atomic E-state index is 0.0743. The third-order valence-corrected chi connectivity index (χ3v) is 5.54. The average Bonchev–Trinajstić information content (AvgIpc) is 2.87. The van der Waals surface area contributed by atoms with Gasteiger partial charge in [-0.3, -0.25) is 4.79 Å². The minimum Gasteiger partial charge on any atom is -0.460 e. The van der Waals surface area contributed by atoms with Crippen LogP contribution in [0.25, 0.3) is 0 Å². The van der Waals surface area contributed by atoms with Crippen molar-refractivity contribution in [3.05, 3.63) is 29.8 Å². The quantitative estimate of drug-likeness (QED) is 0.105. The number of benzene rings is 1. The van der Waals surface area contributed by atoms with Crippen molar-refractivity contribution in [1.82, 2.24) is 16.0 Å². The summed E-state index contributed by atoms with van der Waals surface area (Å²) < 4.78 is 16.3. The van der Waals surface area contributed by atoms with E-state index >= 15 is 0 Å². The first-order chi connectivity index (χ1) is 20.7. The number of anilines is 1. The Labute approximate surface area is 267 Å². The van der Waals surface area contributed by atoms with Gasteiger partial charge in [0, 0.05) is 24.2 Å². The number of urea groups is 2. The number of rotatable bonds is 13. The van der Waals surface area contributed by atoms with E-state index in [1.807, 2.05) is 0 Å². The van der Waals surface area contributed by atoms with Gasteiger partial charge in [-0.05, 0) is 106 Å². The van der Waals surface area contributed by atoms with Crippen molar-refractivity contribution in [2.75, 3.05) is 11.9 Å². The van der Waals surface area contributed by atoms with Gasteiger partial charge in [-0.1, -0.05) is 12.0 Å². The zero-order valence-electron chi connectivity index (χ0n) is 28.1. The lowest BCUT2D eigenvalue weighted by atomic mass is 10.1. The van der Waals surface area contributed by atoms with E-state index < -0.39 is 58.9 Å². The van der Waals surface area contributed by atoms with E-state index in [2.05, 4.69) is 27.2 Å². The fourth-order valence-electron chi connectivity index (χ4n) is 3.79. The third kappa shape index (κ3) is 18.2. The summed E-state index contributed by atoms with van der Waals surface area (Å²) in [5, 5.41) is 10.6. The molecule has 1 unspecified atom stereocenters. The first kappa shape index (κ1) is 38.8. The summed E-state index contributed by atoms with van der Waals surface area (Å²) in [6, 6.07) is 3.43. The van der Waals surface area contributed by atoms with Gasteiger partial charge in [0.05, 0.1) is 0 Å². The summed E-state index contributed by atoms with van der Waals surface area (Å²) in [7, 11) is 0. The normalized spacial score (nSPS) is 12.9. The molecule has 0 saturated carbocycles. The molecular weight excluding hydrogens is 580 g/mol. The molecule has 4 N–H and O–H groups in total. The molecule has 0 spiro atoms. The number of esters is 3. The zero-order chi connectivity index (χ0) is 34.4. The van der Waals surface area contributed by atoms with E-state index in [1.54, 1.807) is 86.6 Å². The van der Waals surface area contributed by atoms with Crippen molar-refractivity contribution in [3.8, 4) is 12.3 Å². The summed E-state index contributed by atoms with van der Waals surface area (Å²) in [6.45, 7) is 15.7. The Kier molecular flexibility index (Phi) is 14.9. The van der Waals surface area contributed by atoms with Crippen LogP contribution in [0, 0.1) is 12.3 Å². The van der Waals surface area contributed by atoms with Crippen LogP contribution in [0.4, 0.5) is 15.3 Å². The first-order valence-corrected chi connectivity index (χ1v) is 15.0. The topological polar surface area (TPSA) is 161 Å². The van der Waals surface area contributed by atoms with Gasteiger partial charge in [-0.15, -0.1) is 6.42 Å². The maximum atomic E-state index is 13.0. The lowest BCUT2D eigenvalue weighted by molar-refractivity contribution is -0.159. The number of ether oxygens (including phenoxy) is 3. The Morgan fingerprint density at radius 2 is 1.29 bits per heavy atom. The van der Waals surface area contributed by atoms with Crippen LogP contribution in [0.2, 0.25) is 0 Å². The number of amides is 4. The van der Waals surface area contributed by atoms with Crippen LogP contribution in [-0.4, -0.2) is 65.4 Å². The Bertz CT molecular complexity index is 1220. The molecule has 0 aliphatic rings. The molecule has 45 heavy (non-hydrogen) atoms. The van der Waals surface area contributed by atoms with E-state index in [0.717, 1.165) is 0 Å². The second-order valence-electron chi connectivity index (χ2n) is 13.5. The monoisotopic (exact) mass is 630 g/mol. The van der Waals surface area contributed by atoms with Gasteiger partial charge in [0.15, 0.2) is 0 Å².